The number of anilines is 1. The smallest absolute Gasteiger partial charge is 0.244 e. The summed E-state index contributed by atoms with van der Waals surface area (Å²) in [5.74, 6) is -0.649. The third-order valence-corrected chi connectivity index (χ3v) is 7.53. The summed E-state index contributed by atoms with van der Waals surface area (Å²) in [5.41, 5.74) is 0.934. The lowest BCUT2D eigenvalue weighted by molar-refractivity contribution is -0.140. The third-order valence-electron chi connectivity index (χ3n) is 6.39. The summed E-state index contributed by atoms with van der Waals surface area (Å²) >= 11 is 0. The zero-order valence-electron chi connectivity index (χ0n) is 20.9. The zero-order chi connectivity index (χ0) is 26.3. The number of nitrogens with zero attached hydrogens (tertiary/aromatic N) is 2. The quantitative estimate of drug-likeness (QED) is 0.491. The van der Waals surface area contributed by atoms with Crippen LogP contribution in [-0.4, -0.2) is 57.1 Å². The lowest BCUT2D eigenvalue weighted by Gasteiger charge is -2.33. The Kier molecular flexibility index (Phi) is 9.31. The van der Waals surface area contributed by atoms with Gasteiger partial charge in [-0.25, -0.2) is 12.8 Å². The lowest BCUT2D eigenvalue weighted by Crippen LogP contribution is -2.53. The molecule has 0 saturated heterocycles. The lowest BCUT2D eigenvalue weighted by atomic mass is 10.1. The molecule has 3 rings (SSSR count). The van der Waals surface area contributed by atoms with Crippen molar-refractivity contribution in [2.45, 2.75) is 57.7 Å². The van der Waals surface area contributed by atoms with Crippen LogP contribution in [0.25, 0.3) is 0 Å². The van der Waals surface area contributed by atoms with E-state index in [1.165, 1.54) is 17.0 Å². The van der Waals surface area contributed by atoms with Crippen LogP contribution in [0.4, 0.5) is 10.1 Å². The molecule has 0 bridgehead atoms. The van der Waals surface area contributed by atoms with Crippen LogP contribution in [0.15, 0.2) is 48.5 Å². The van der Waals surface area contributed by atoms with Crippen molar-refractivity contribution < 1.29 is 27.1 Å². The summed E-state index contributed by atoms with van der Waals surface area (Å²) in [6.07, 6.45) is 5.26. The van der Waals surface area contributed by atoms with Crippen LogP contribution >= 0.6 is 0 Å². The van der Waals surface area contributed by atoms with Gasteiger partial charge in [0, 0.05) is 12.6 Å². The molecule has 8 nitrogen and oxygen atoms in total. The SMILES string of the molecule is CC[C@H](C(=O)NC1CCCC1)N(Cc1ccc(OC)cc1)C(=O)CN(c1ccc(F)cc1)S(C)(=O)=O. The van der Waals surface area contributed by atoms with Crippen LogP contribution in [0, 0.1) is 5.82 Å². The number of hydrogen-bond donors (Lipinski definition) is 1. The molecule has 2 aromatic carbocycles. The van der Waals surface area contributed by atoms with Crippen molar-refractivity contribution in [1.82, 2.24) is 10.2 Å². The number of carbonyl (C=O) groups is 2. The minimum atomic E-state index is -3.87. The van der Waals surface area contributed by atoms with Gasteiger partial charge in [0.2, 0.25) is 21.8 Å². The topological polar surface area (TPSA) is 96.0 Å². The molecule has 1 atom stereocenters. The van der Waals surface area contributed by atoms with Gasteiger partial charge in [-0.2, -0.15) is 0 Å². The van der Waals surface area contributed by atoms with Crippen molar-refractivity contribution in [1.29, 1.82) is 0 Å². The van der Waals surface area contributed by atoms with Crippen molar-refractivity contribution in [2.75, 3.05) is 24.2 Å². The fourth-order valence-electron chi connectivity index (χ4n) is 4.44. The maximum atomic E-state index is 13.7. The zero-order valence-corrected chi connectivity index (χ0v) is 21.8. The van der Waals surface area contributed by atoms with Crippen LogP contribution in [-0.2, 0) is 26.2 Å². The third kappa shape index (κ3) is 7.19. The van der Waals surface area contributed by atoms with Crippen molar-refractivity contribution >= 4 is 27.5 Å². The number of nitrogens with one attached hydrogen (secondary N) is 1. The largest absolute Gasteiger partial charge is 0.497 e. The maximum Gasteiger partial charge on any atom is 0.244 e. The van der Waals surface area contributed by atoms with Crippen molar-refractivity contribution in [3.8, 4) is 5.75 Å². The molecule has 1 N–H and O–H groups in total. The highest BCUT2D eigenvalue weighted by molar-refractivity contribution is 7.92. The maximum absolute atomic E-state index is 13.7. The standard InChI is InChI=1S/C26H34FN3O5S/c1-4-24(26(32)28-21-7-5-6-8-21)29(17-19-9-15-23(35-2)16-10-19)25(31)18-30(36(3,33)34)22-13-11-20(27)12-14-22/h9-16,21,24H,4-8,17-18H2,1-3H3,(H,28,32)/t24-/m1/s1. The molecule has 1 saturated carbocycles. The van der Waals surface area contributed by atoms with Gasteiger partial charge in [-0.3, -0.25) is 13.9 Å². The fraction of sp³-hybridized carbons (Fsp3) is 0.462. The van der Waals surface area contributed by atoms with E-state index in [1.807, 2.05) is 6.92 Å². The molecule has 10 heteroatoms. The Balaban J connectivity index is 1.90. The average molecular weight is 520 g/mol. The summed E-state index contributed by atoms with van der Waals surface area (Å²) in [6.45, 7) is 1.41. The summed E-state index contributed by atoms with van der Waals surface area (Å²) < 4.78 is 44.7. The summed E-state index contributed by atoms with van der Waals surface area (Å²) in [7, 11) is -2.31. The van der Waals surface area contributed by atoms with E-state index in [4.69, 9.17) is 4.74 Å². The second kappa shape index (κ2) is 12.2. The van der Waals surface area contributed by atoms with Gasteiger partial charge in [-0.15, -0.1) is 0 Å². The molecule has 2 aromatic rings. The molecule has 1 fully saturated rings. The fourth-order valence-corrected chi connectivity index (χ4v) is 5.29. The Bertz CT molecular complexity index is 1130. The Hall–Kier alpha value is -3.14. The van der Waals surface area contributed by atoms with Gasteiger partial charge in [0.1, 0.15) is 24.2 Å². The van der Waals surface area contributed by atoms with E-state index < -0.39 is 34.3 Å². The molecular formula is C26H34FN3O5S. The number of rotatable bonds is 11. The highest BCUT2D eigenvalue weighted by atomic mass is 32.2. The summed E-state index contributed by atoms with van der Waals surface area (Å²) in [6, 6.07) is 11.3. The number of halogens is 1. The first-order valence-electron chi connectivity index (χ1n) is 12.1. The highest BCUT2D eigenvalue weighted by Crippen LogP contribution is 2.22. The van der Waals surface area contributed by atoms with E-state index in [9.17, 15) is 22.4 Å². The van der Waals surface area contributed by atoms with Gasteiger partial charge in [0.25, 0.3) is 0 Å². The predicted octanol–water partition coefficient (Wildman–Crippen LogP) is 3.47. The Morgan fingerprint density at radius 3 is 2.22 bits per heavy atom. The van der Waals surface area contributed by atoms with E-state index in [0.29, 0.717) is 12.2 Å². The molecule has 0 heterocycles. The first-order chi connectivity index (χ1) is 17.1. The number of ether oxygens (including phenoxy) is 1. The minimum Gasteiger partial charge on any atom is -0.497 e. The van der Waals surface area contributed by atoms with Crippen LogP contribution in [0.5, 0.6) is 5.75 Å². The van der Waals surface area contributed by atoms with Crippen molar-refractivity contribution in [3.63, 3.8) is 0 Å². The van der Waals surface area contributed by atoms with Gasteiger partial charge < -0.3 is 15.0 Å². The monoisotopic (exact) mass is 519 g/mol. The number of amides is 2. The summed E-state index contributed by atoms with van der Waals surface area (Å²) in [4.78, 5) is 28.3. The second-order valence-corrected chi connectivity index (χ2v) is 10.9. The Morgan fingerprint density at radius 2 is 1.69 bits per heavy atom. The molecule has 0 radical (unpaired) electrons. The van der Waals surface area contributed by atoms with E-state index in [2.05, 4.69) is 5.32 Å². The molecule has 36 heavy (non-hydrogen) atoms. The molecular weight excluding hydrogens is 485 g/mol. The molecule has 0 aromatic heterocycles. The molecule has 1 aliphatic rings. The van der Waals surface area contributed by atoms with Crippen LogP contribution < -0.4 is 14.4 Å². The number of benzene rings is 2. The molecule has 196 valence electrons. The first kappa shape index (κ1) is 27.4. The van der Waals surface area contributed by atoms with Crippen LogP contribution in [0.2, 0.25) is 0 Å². The number of methoxy groups -OCH3 is 1. The van der Waals surface area contributed by atoms with Crippen LogP contribution in [0.3, 0.4) is 0 Å². The van der Waals surface area contributed by atoms with E-state index >= 15 is 0 Å². The molecule has 0 aliphatic heterocycles. The van der Waals surface area contributed by atoms with Gasteiger partial charge in [-0.1, -0.05) is 31.9 Å². The predicted molar refractivity (Wildman–Crippen MR) is 137 cm³/mol. The molecule has 2 amide bonds. The Labute approximate surface area is 212 Å². The number of hydrogen-bond acceptors (Lipinski definition) is 5. The van der Waals surface area contributed by atoms with Crippen molar-refractivity contribution in [3.05, 3.63) is 59.9 Å². The normalized spacial score (nSPS) is 14.8. The number of carbonyl (C=O) groups excluding carboxylic acids is 2. The summed E-state index contributed by atoms with van der Waals surface area (Å²) in [5, 5.41) is 3.06. The molecule has 0 unspecified atom stereocenters. The Morgan fingerprint density at radius 1 is 1.08 bits per heavy atom. The minimum absolute atomic E-state index is 0.0798. The van der Waals surface area contributed by atoms with Gasteiger partial charge >= 0.3 is 0 Å². The first-order valence-corrected chi connectivity index (χ1v) is 13.9. The molecule has 0 spiro atoms. The second-order valence-electron chi connectivity index (χ2n) is 9.03. The van der Waals surface area contributed by atoms with Gasteiger partial charge in [0.05, 0.1) is 19.1 Å². The highest BCUT2D eigenvalue weighted by Gasteiger charge is 2.33. The molecule has 1 aliphatic carbocycles. The van der Waals surface area contributed by atoms with Gasteiger partial charge in [-0.05, 0) is 61.2 Å². The van der Waals surface area contributed by atoms with E-state index in [0.717, 1.165) is 53.9 Å². The van der Waals surface area contributed by atoms with Crippen LogP contribution in [0.1, 0.15) is 44.6 Å². The van der Waals surface area contributed by atoms with Gasteiger partial charge in [0.15, 0.2) is 0 Å². The van der Waals surface area contributed by atoms with Crippen molar-refractivity contribution in [2.24, 2.45) is 0 Å². The average Bonchev–Trinajstić information content (AvgIpc) is 3.35. The van der Waals surface area contributed by atoms with E-state index in [1.54, 1.807) is 31.4 Å². The number of sulfonamides is 1. The van der Waals surface area contributed by atoms with E-state index in [-0.39, 0.29) is 24.2 Å².